The monoisotopic (exact) mass is 156 g/mol. The van der Waals surface area contributed by atoms with Crippen molar-refractivity contribution in [3.8, 4) is 0 Å². The molecule has 1 N–H and O–H groups in total. The number of piperazine rings is 1. The number of nitrogens with one attached hydrogen (secondary N) is 1. The summed E-state index contributed by atoms with van der Waals surface area (Å²) in [5.74, 6) is 0. The minimum atomic E-state index is 0.661. The van der Waals surface area contributed by atoms with E-state index in [1.54, 1.807) is 0 Å². The highest BCUT2D eigenvalue weighted by Crippen LogP contribution is 2.09. The van der Waals surface area contributed by atoms with Crippen LogP contribution in [0.5, 0.6) is 0 Å². The first-order chi connectivity index (χ1) is 5.11. The number of nitrogens with zero attached hydrogens (tertiary/aromatic N) is 1. The van der Waals surface area contributed by atoms with Gasteiger partial charge in [-0.3, -0.25) is 4.90 Å². The fourth-order valence-corrected chi connectivity index (χ4v) is 1.77. The Morgan fingerprint density at radius 3 is 2.45 bits per heavy atom. The van der Waals surface area contributed by atoms with Gasteiger partial charge in [-0.1, -0.05) is 0 Å². The highest BCUT2D eigenvalue weighted by molar-refractivity contribution is 4.82. The lowest BCUT2D eigenvalue weighted by atomic mass is 10.1. The number of hydrogen-bond acceptors (Lipinski definition) is 2. The third-order valence-corrected chi connectivity index (χ3v) is 2.48. The zero-order valence-corrected chi connectivity index (χ0v) is 8.09. The van der Waals surface area contributed by atoms with Crippen molar-refractivity contribution in [1.29, 1.82) is 0 Å². The Kier molecular flexibility index (Phi) is 2.90. The molecular formula is C9H20N2. The van der Waals surface area contributed by atoms with E-state index in [-0.39, 0.29) is 0 Å². The van der Waals surface area contributed by atoms with Crippen LogP contribution < -0.4 is 5.32 Å². The van der Waals surface area contributed by atoms with Crippen LogP contribution in [0.15, 0.2) is 0 Å². The largest absolute Gasteiger partial charge is 0.311 e. The molecule has 0 aliphatic carbocycles. The first-order valence-electron chi connectivity index (χ1n) is 4.60. The lowest BCUT2D eigenvalue weighted by Gasteiger charge is -2.40. The highest BCUT2D eigenvalue weighted by Gasteiger charge is 2.23. The Labute approximate surface area is 70.0 Å². The van der Waals surface area contributed by atoms with E-state index in [0.29, 0.717) is 18.1 Å². The molecule has 0 spiro atoms. The van der Waals surface area contributed by atoms with Gasteiger partial charge in [-0.25, -0.2) is 0 Å². The molecule has 1 aliphatic heterocycles. The van der Waals surface area contributed by atoms with E-state index in [9.17, 15) is 0 Å². The molecule has 0 aromatic carbocycles. The van der Waals surface area contributed by atoms with Crippen molar-refractivity contribution < 1.29 is 0 Å². The average Bonchev–Trinajstić information content (AvgIpc) is 1.94. The van der Waals surface area contributed by atoms with Crippen LogP contribution in [0.2, 0.25) is 0 Å². The lowest BCUT2D eigenvalue weighted by Crippen LogP contribution is -2.56. The molecule has 1 fully saturated rings. The van der Waals surface area contributed by atoms with Gasteiger partial charge in [0.05, 0.1) is 0 Å². The molecule has 66 valence electrons. The van der Waals surface area contributed by atoms with Gasteiger partial charge in [0.2, 0.25) is 0 Å². The molecule has 0 aromatic heterocycles. The molecule has 11 heavy (non-hydrogen) atoms. The van der Waals surface area contributed by atoms with Crippen LogP contribution >= 0.6 is 0 Å². The summed E-state index contributed by atoms with van der Waals surface area (Å²) in [4.78, 5) is 2.56. The molecule has 1 aliphatic rings. The van der Waals surface area contributed by atoms with Gasteiger partial charge in [0.1, 0.15) is 0 Å². The Morgan fingerprint density at radius 2 is 2.00 bits per heavy atom. The maximum absolute atomic E-state index is 3.47. The van der Waals surface area contributed by atoms with Crippen molar-refractivity contribution >= 4 is 0 Å². The number of rotatable bonds is 1. The fourth-order valence-electron chi connectivity index (χ4n) is 1.77. The summed E-state index contributed by atoms with van der Waals surface area (Å²) >= 11 is 0. The first kappa shape index (κ1) is 9.01. The molecule has 0 saturated carbocycles. The van der Waals surface area contributed by atoms with Crippen molar-refractivity contribution in [2.45, 2.75) is 45.8 Å². The SMILES string of the molecule is CC(C)N1C[C@@H](C)NC[C@H]1C. The summed E-state index contributed by atoms with van der Waals surface area (Å²) in [6.45, 7) is 11.4. The minimum Gasteiger partial charge on any atom is -0.311 e. The van der Waals surface area contributed by atoms with E-state index < -0.39 is 0 Å². The summed E-state index contributed by atoms with van der Waals surface area (Å²) in [7, 11) is 0. The predicted molar refractivity (Wildman–Crippen MR) is 48.8 cm³/mol. The van der Waals surface area contributed by atoms with Crippen molar-refractivity contribution in [3.63, 3.8) is 0 Å². The Morgan fingerprint density at radius 1 is 1.36 bits per heavy atom. The predicted octanol–water partition coefficient (Wildman–Crippen LogP) is 1.08. The molecule has 0 radical (unpaired) electrons. The van der Waals surface area contributed by atoms with E-state index in [1.165, 1.54) is 6.54 Å². The summed E-state index contributed by atoms with van der Waals surface area (Å²) in [6, 6.07) is 2.05. The molecule has 0 unspecified atom stereocenters. The van der Waals surface area contributed by atoms with Crippen LogP contribution in [0.25, 0.3) is 0 Å². The molecule has 0 bridgehead atoms. The standard InChI is InChI=1S/C9H20N2/c1-7(2)11-6-8(3)10-5-9(11)4/h7-10H,5-6H2,1-4H3/t8-,9-/m1/s1. The third-order valence-electron chi connectivity index (χ3n) is 2.48. The summed E-state index contributed by atoms with van der Waals surface area (Å²) in [6.07, 6.45) is 0. The lowest BCUT2D eigenvalue weighted by molar-refractivity contribution is 0.112. The smallest absolute Gasteiger partial charge is 0.0195 e. The molecule has 2 nitrogen and oxygen atoms in total. The first-order valence-corrected chi connectivity index (χ1v) is 4.60. The molecule has 0 amide bonds. The van der Waals surface area contributed by atoms with E-state index in [2.05, 4.69) is 37.9 Å². The van der Waals surface area contributed by atoms with Crippen LogP contribution in [0.1, 0.15) is 27.7 Å². The highest BCUT2D eigenvalue weighted by atomic mass is 15.2. The third kappa shape index (κ3) is 2.17. The maximum Gasteiger partial charge on any atom is 0.0195 e. The van der Waals surface area contributed by atoms with Gasteiger partial charge in [0, 0.05) is 31.2 Å². The summed E-state index contributed by atoms with van der Waals surface area (Å²) in [5.41, 5.74) is 0. The molecule has 2 atom stereocenters. The second kappa shape index (κ2) is 3.55. The van der Waals surface area contributed by atoms with Crippen LogP contribution in [0, 0.1) is 0 Å². The van der Waals surface area contributed by atoms with Crippen molar-refractivity contribution in [2.24, 2.45) is 0 Å². The molecule has 0 aromatic rings. The van der Waals surface area contributed by atoms with E-state index in [0.717, 1.165) is 6.54 Å². The van der Waals surface area contributed by atoms with Crippen LogP contribution in [0.4, 0.5) is 0 Å². The minimum absolute atomic E-state index is 0.661. The van der Waals surface area contributed by atoms with Crippen LogP contribution in [-0.4, -0.2) is 36.1 Å². The van der Waals surface area contributed by atoms with E-state index >= 15 is 0 Å². The quantitative estimate of drug-likeness (QED) is 0.611. The van der Waals surface area contributed by atoms with Gasteiger partial charge in [-0.05, 0) is 27.7 Å². The summed E-state index contributed by atoms with van der Waals surface area (Å²) < 4.78 is 0. The molecule has 1 saturated heterocycles. The van der Waals surface area contributed by atoms with Gasteiger partial charge >= 0.3 is 0 Å². The molecule has 1 heterocycles. The van der Waals surface area contributed by atoms with Gasteiger partial charge in [-0.2, -0.15) is 0 Å². The van der Waals surface area contributed by atoms with Gasteiger partial charge < -0.3 is 5.32 Å². The second-order valence-electron chi connectivity index (χ2n) is 3.95. The zero-order chi connectivity index (χ0) is 8.43. The van der Waals surface area contributed by atoms with E-state index in [4.69, 9.17) is 0 Å². The van der Waals surface area contributed by atoms with Gasteiger partial charge in [0.15, 0.2) is 0 Å². The molecule has 2 heteroatoms. The maximum atomic E-state index is 3.47. The van der Waals surface area contributed by atoms with Crippen molar-refractivity contribution in [3.05, 3.63) is 0 Å². The number of hydrogen-bond donors (Lipinski definition) is 1. The second-order valence-corrected chi connectivity index (χ2v) is 3.95. The summed E-state index contributed by atoms with van der Waals surface area (Å²) in [5, 5.41) is 3.47. The zero-order valence-electron chi connectivity index (χ0n) is 8.09. The Hall–Kier alpha value is -0.0800. The topological polar surface area (TPSA) is 15.3 Å². The molecule has 1 rings (SSSR count). The Bertz CT molecular complexity index is 123. The van der Waals surface area contributed by atoms with Gasteiger partial charge in [0.25, 0.3) is 0 Å². The van der Waals surface area contributed by atoms with E-state index in [1.807, 2.05) is 0 Å². The molecular weight excluding hydrogens is 136 g/mol. The normalized spacial score (nSPS) is 34.6. The van der Waals surface area contributed by atoms with Crippen LogP contribution in [-0.2, 0) is 0 Å². The Balaban J connectivity index is 2.47. The van der Waals surface area contributed by atoms with Crippen LogP contribution in [0.3, 0.4) is 0 Å². The average molecular weight is 156 g/mol. The fraction of sp³-hybridized carbons (Fsp3) is 1.00. The van der Waals surface area contributed by atoms with Crippen molar-refractivity contribution in [2.75, 3.05) is 13.1 Å². The van der Waals surface area contributed by atoms with Gasteiger partial charge in [-0.15, -0.1) is 0 Å². The van der Waals surface area contributed by atoms with Crippen molar-refractivity contribution in [1.82, 2.24) is 10.2 Å².